The second kappa shape index (κ2) is 7.63. The van der Waals surface area contributed by atoms with Gasteiger partial charge >= 0.3 is 5.63 Å². The molecule has 0 radical (unpaired) electrons. The van der Waals surface area contributed by atoms with Gasteiger partial charge < -0.3 is 13.9 Å². The summed E-state index contributed by atoms with van der Waals surface area (Å²) in [6, 6.07) is 6.69. The zero-order valence-corrected chi connectivity index (χ0v) is 16.8. The highest BCUT2D eigenvalue weighted by molar-refractivity contribution is 7.98. The Morgan fingerprint density at radius 1 is 1.28 bits per heavy atom. The third kappa shape index (κ3) is 3.47. The van der Waals surface area contributed by atoms with Gasteiger partial charge in [0.05, 0.1) is 11.8 Å². The van der Waals surface area contributed by atoms with E-state index in [0.717, 1.165) is 22.3 Å². The number of hydrogen-bond acceptors (Lipinski definition) is 7. The topological polar surface area (TPSA) is 94.3 Å². The molecule has 1 aromatic carbocycles. The van der Waals surface area contributed by atoms with Gasteiger partial charge in [-0.2, -0.15) is 0 Å². The van der Waals surface area contributed by atoms with Crippen LogP contribution in [0.2, 0.25) is 0 Å². The lowest BCUT2D eigenvalue weighted by atomic mass is 10.1. The predicted octanol–water partition coefficient (Wildman–Crippen LogP) is 4.45. The van der Waals surface area contributed by atoms with Crippen LogP contribution in [0.1, 0.15) is 16.9 Å². The summed E-state index contributed by atoms with van der Waals surface area (Å²) in [5.74, 6) is 2.06. The van der Waals surface area contributed by atoms with Gasteiger partial charge in [0.15, 0.2) is 11.0 Å². The molecule has 0 bridgehead atoms. The Labute approximate surface area is 170 Å². The molecule has 29 heavy (non-hydrogen) atoms. The Bertz CT molecular complexity index is 1270. The zero-order chi connectivity index (χ0) is 20.5. The quantitative estimate of drug-likeness (QED) is 0.286. The van der Waals surface area contributed by atoms with E-state index in [2.05, 4.69) is 16.8 Å². The highest BCUT2D eigenvalue weighted by Gasteiger charge is 2.18. The summed E-state index contributed by atoms with van der Waals surface area (Å²) in [4.78, 5) is 12.0. The van der Waals surface area contributed by atoms with Crippen molar-refractivity contribution < 1.29 is 13.9 Å². The number of aromatic nitrogens is 3. The van der Waals surface area contributed by atoms with E-state index in [9.17, 15) is 9.90 Å². The molecule has 0 aliphatic carbocycles. The number of allylic oxidation sites excluding steroid dienone is 1. The van der Waals surface area contributed by atoms with E-state index in [-0.39, 0.29) is 5.75 Å². The number of aromatic hydroxyl groups is 1. The molecule has 4 aromatic rings. The summed E-state index contributed by atoms with van der Waals surface area (Å²) < 4.78 is 12.7. The van der Waals surface area contributed by atoms with Crippen LogP contribution in [0.3, 0.4) is 0 Å². The lowest BCUT2D eigenvalue weighted by Crippen LogP contribution is -2.03. The molecule has 8 heteroatoms. The van der Waals surface area contributed by atoms with Gasteiger partial charge in [-0.25, -0.2) is 4.79 Å². The summed E-state index contributed by atoms with van der Waals surface area (Å²) in [5, 5.41) is 20.1. The molecule has 0 amide bonds. The molecule has 0 saturated carbocycles. The van der Waals surface area contributed by atoms with Crippen molar-refractivity contribution in [3.8, 4) is 17.1 Å². The fourth-order valence-corrected chi connectivity index (χ4v) is 4.12. The first-order chi connectivity index (χ1) is 14.0. The Balaban J connectivity index is 1.71. The summed E-state index contributed by atoms with van der Waals surface area (Å²) in [6.45, 7) is 7.96. The summed E-state index contributed by atoms with van der Waals surface area (Å²) in [7, 11) is 0. The highest BCUT2D eigenvalue weighted by atomic mass is 32.2. The van der Waals surface area contributed by atoms with Gasteiger partial charge in [-0.05, 0) is 37.6 Å². The minimum Gasteiger partial charge on any atom is -0.508 e. The molecule has 3 heterocycles. The maximum atomic E-state index is 12.0. The van der Waals surface area contributed by atoms with E-state index in [1.807, 2.05) is 17.6 Å². The average Bonchev–Trinajstić information content (AvgIpc) is 3.29. The first-order valence-electron chi connectivity index (χ1n) is 8.96. The number of phenols is 1. The third-order valence-corrected chi connectivity index (χ3v) is 5.72. The van der Waals surface area contributed by atoms with E-state index in [1.54, 1.807) is 31.4 Å². The smallest absolute Gasteiger partial charge is 0.336 e. The van der Waals surface area contributed by atoms with Crippen molar-refractivity contribution >= 4 is 22.7 Å². The van der Waals surface area contributed by atoms with Crippen LogP contribution in [-0.4, -0.2) is 19.9 Å². The second-order valence-corrected chi connectivity index (χ2v) is 7.50. The summed E-state index contributed by atoms with van der Waals surface area (Å²) in [6.07, 6.45) is 3.41. The highest BCUT2D eigenvalue weighted by Crippen LogP contribution is 2.32. The standard InChI is InChI=1S/C21H19N3O4S/c1-4-8-24-20(15-7-9-27-13(15)3)22-23-21(24)29-11-14-10-18(26)28-19-12(2)17(25)6-5-16(14)19/h4-7,9-10,25H,1,8,11H2,2-3H3. The fraction of sp³-hybridized carbons (Fsp3) is 0.190. The number of rotatable bonds is 6. The molecule has 1 N–H and O–H groups in total. The van der Waals surface area contributed by atoms with E-state index >= 15 is 0 Å². The van der Waals surface area contributed by atoms with Gasteiger partial charge in [-0.15, -0.1) is 16.8 Å². The van der Waals surface area contributed by atoms with Crippen molar-refractivity contribution in [2.75, 3.05) is 0 Å². The van der Waals surface area contributed by atoms with Crippen LogP contribution < -0.4 is 5.63 Å². The Morgan fingerprint density at radius 2 is 2.10 bits per heavy atom. The largest absolute Gasteiger partial charge is 0.508 e. The fourth-order valence-electron chi connectivity index (χ4n) is 3.18. The van der Waals surface area contributed by atoms with Gasteiger partial charge in [0.25, 0.3) is 0 Å². The number of thioether (sulfide) groups is 1. The molecular formula is C21H19N3O4S. The molecule has 7 nitrogen and oxygen atoms in total. The number of furan rings is 1. The van der Waals surface area contributed by atoms with Crippen LogP contribution >= 0.6 is 11.8 Å². The molecule has 3 aromatic heterocycles. The Hall–Kier alpha value is -3.26. The number of nitrogens with zero attached hydrogens (tertiary/aromatic N) is 3. The molecule has 0 fully saturated rings. The SMILES string of the molecule is C=CCn1c(SCc2cc(=O)oc3c(C)c(O)ccc23)nnc1-c1ccoc1C. The number of phenolic OH excluding ortho intramolecular Hbond substituents is 1. The molecule has 0 saturated heterocycles. The molecule has 0 unspecified atom stereocenters. The van der Waals surface area contributed by atoms with Crippen LogP contribution in [0.5, 0.6) is 5.75 Å². The molecule has 0 aliphatic heterocycles. The van der Waals surface area contributed by atoms with Crippen molar-refractivity contribution in [2.45, 2.75) is 31.3 Å². The normalized spacial score (nSPS) is 11.2. The number of hydrogen-bond donors (Lipinski definition) is 1. The van der Waals surface area contributed by atoms with Crippen LogP contribution in [0, 0.1) is 13.8 Å². The predicted molar refractivity (Wildman–Crippen MR) is 111 cm³/mol. The molecule has 4 rings (SSSR count). The van der Waals surface area contributed by atoms with Crippen molar-refractivity contribution in [1.29, 1.82) is 0 Å². The van der Waals surface area contributed by atoms with Gasteiger partial charge in [0.1, 0.15) is 17.1 Å². The number of aryl methyl sites for hydroxylation is 2. The third-order valence-electron chi connectivity index (χ3n) is 4.70. The van der Waals surface area contributed by atoms with Crippen molar-refractivity contribution in [3.63, 3.8) is 0 Å². The van der Waals surface area contributed by atoms with Crippen LogP contribution in [0.15, 0.2) is 62.0 Å². The molecule has 0 aliphatic rings. The minimum atomic E-state index is -0.455. The first-order valence-corrected chi connectivity index (χ1v) is 9.94. The maximum absolute atomic E-state index is 12.0. The van der Waals surface area contributed by atoms with Gasteiger partial charge in [-0.3, -0.25) is 4.57 Å². The summed E-state index contributed by atoms with van der Waals surface area (Å²) >= 11 is 1.47. The molecule has 0 spiro atoms. The second-order valence-electron chi connectivity index (χ2n) is 6.56. The van der Waals surface area contributed by atoms with E-state index in [1.165, 1.54) is 17.8 Å². The lowest BCUT2D eigenvalue weighted by Gasteiger charge is -2.09. The summed E-state index contributed by atoms with van der Waals surface area (Å²) in [5.41, 5.74) is 2.17. The zero-order valence-electron chi connectivity index (χ0n) is 16.0. The van der Waals surface area contributed by atoms with E-state index < -0.39 is 5.63 Å². The molecule has 0 atom stereocenters. The number of fused-ring (bicyclic) bond motifs is 1. The van der Waals surface area contributed by atoms with Gasteiger partial charge in [-0.1, -0.05) is 17.8 Å². The van der Waals surface area contributed by atoms with Crippen LogP contribution in [0.25, 0.3) is 22.4 Å². The van der Waals surface area contributed by atoms with Gasteiger partial charge in [0, 0.05) is 29.3 Å². The monoisotopic (exact) mass is 409 g/mol. The molecule has 148 valence electrons. The average molecular weight is 409 g/mol. The first kappa shape index (κ1) is 19.1. The Kier molecular flexibility index (Phi) is 5.02. The minimum absolute atomic E-state index is 0.0938. The van der Waals surface area contributed by atoms with Gasteiger partial charge in [0.2, 0.25) is 0 Å². The lowest BCUT2D eigenvalue weighted by molar-refractivity contribution is 0.468. The van der Waals surface area contributed by atoms with Crippen molar-refractivity contribution in [1.82, 2.24) is 14.8 Å². The van der Waals surface area contributed by atoms with Crippen molar-refractivity contribution in [2.24, 2.45) is 0 Å². The maximum Gasteiger partial charge on any atom is 0.336 e. The van der Waals surface area contributed by atoms with E-state index in [0.29, 0.717) is 34.4 Å². The van der Waals surface area contributed by atoms with Crippen LogP contribution in [0.4, 0.5) is 0 Å². The van der Waals surface area contributed by atoms with Crippen LogP contribution in [-0.2, 0) is 12.3 Å². The van der Waals surface area contributed by atoms with E-state index in [4.69, 9.17) is 8.83 Å². The number of benzene rings is 1. The van der Waals surface area contributed by atoms with Crippen molar-refractivity contribution in [3.05, 3.63) is 70.5 Å². The molecular weight excluding hydrogens is 390 g/mol. The Morgan fingerprint density at radius 3 is 2.83 bits per heavy atom.